The molecule has 6 heteroatoms. The maximum absolute atomic E-state index is 12.6. The lowest BCUT2D eigenvalue weighted by Crippen LogP contribution is -2.25. The third-order valence-corrected chi connectivity index (χ3v) is 1.65. The molecule has 0 amide bonds. The quantitative estimate of drug-likeness (QED) is 0.422. The van der Waals surface area contributed by atoms with Gasteiger partial charge in [-0.05, 0) is 23.8 Å². The molecule has 0 fully saturated rings. The van der Waals surface area contributed by atoms with E-state index in [9.17, 15) is 8.78 Å². The van der Waals surface area contributed by atoms with Crippen molar-refractivity contribution in [1.29, 1.82) is 0 Å². The highest BCUT2D eigenvalue weighted by molar-refractivity contribution is 5.80. The fraction of sp³-hybridized carbons (Fsp3) is 0.125. The first-order valence-electron chi connectivity index (χ1n) is 3.74. The van der Waals surface area contributed by atoms with E-state index >= 15 is 0 Å². The Morgan fingerprint density at radius 2 is 2.00 bits per heavy atom. The predicted molar refractivity (Wildman–Crippen MR) is 44.4 cm³/mol. The maximum atomic E-state index is 12.6. The van der Waals surface area contributed by atoms with Gasteiger partial charge in [0.1, 0.15) is 0 Å². The Bertz CT molecular complexity index is 393. The van der Waals surface area contributed by atoms with Gasteiger partial charge in [-0.1, -0.05) is 0 Å². The molecule has 1 heterocycles. The molecule has 1 aliphatic rings. The molecule has 1 aromatic rings. The highest BCUT2D eigenvalue weighted by Crippen LogP contribution is 2.40. The maximum Gasteiger partial charge on any atom is 0.586 e. The first kappa shape index (κ1) is 8.74. The monoisotopic (exact) mass is 200 g/mol. The predicted octanol–water partition coefficient (Wildman–Crippen LogP) is 1.30. The van der Waals surface area contributed by atoms with Crippen molar-refractivity contribution in [3.05, 3.63) is 23.8 Å². The topological polar surface area (TPSA) is 56.8 Å². The minimum absolute atomic E-state index is 0.00386. The SMILES string of the molecule is NN=Cc1ccc2c(c1)OC(F)(F)O2. The minimum atomic E-state index is -3.58. The standard InChI is InChI=1S/C8H6F2N2O2/c9-8(10)13-6-2-1-5(4-12-11)3-7(6)14-8/h1-4H,11H2. The summed E-state index contributed by atoms with van der Waals surface area (Å²) in [6, 6.07) is 4.28. The summed E-state index contributed by atoms with van der Waals surface area (Å²) in [6.45, 7) is 0. The number of benzene rings is 1. The Morgan fingerprint density at radius 3 is 2.71 bits per heavy atom. The largest absolute Gasteiger partial charge is 0.586 e. The van der Waals surface area contributed by atoms with Gasteiger partial charge in [0, 0.05) is 0 Å². The van der Waals surface area contributed by atoms with Crippen LogP contribution in [0.5, 0.6) is 11.5 Å². The summed E-state index contributed by atoms with van der Waals surface area (Å²) in [5, 5.41) is 3.26. The van der Waals surface area contributed by atoms with Crippen LogP contribution in [-0.2, 0) is 0 Å². The van der Waals surface area contributed by atoms with Gasteiger partial charge in [0.15, 0.2) is 11.5 Å². The van der Waals surface area contributed by atoms with Gasteiger partial charge in [0.2, 0.25) is 0 Å². The second kappa shape index (κ2) is 2.83. The summed E-state index contributed by atoms with van der Waals surface area (Å²) < 4.78 is 33.5. The van der Waals surface area contributed by atoms with Crippen molar-refractivity contribution in [2.45, 2.75) is 6.29 Å². The molecular formula is C8H6F2N2O2. The molecule has 0 aromatic heterocycles. The molecule has 0 saturated heterocycles. The highest BCUT2D eigenvalue weighted by atomic mass is 19.3. The van der Waals surface area contributed by atoms with Gasteiger partial charge in [-0.15, -0.1) is 8.78 Å². The summed E-state index contributed by atoms with van der Waals surface area (Å²) in [4.78, 5) is 0. The van der Waals surface area contributed by atoms with E-state index in [1.165, 1.54) is 18.3 Å². The Kier molecular flexibility index (Phi) is 1.77. The average molecular weight is 200 g/mol. The number of halogens is 2. The van der Waals surface area contributed by atoms with Crippen LogP contribution >= 0.6 is 0 Å². The zero-order valence-electron chi connectivity index (χ0n) is 6.91. The Balaban J connectivity index is 2.35. The van der Waals surface area contributed by atoms with Crippen LogP contribution in [0.2, 0.25) is 0 Å². The molecule has 2 N–H and O–H groups in total. The number of fused-ring (bicyclic) bond motifs is 1. The lowest BCUT2D eigenvalue weighted by atomic mass is 10.2. The fourth-order valence-electron chi connectivity index (χ4n) is 1.13. The third kappa shape index (κ3) is 1.46. The van der Waals surface area contributed by atoms with Gasteiger partial charge >= 0.3 is 6.29 Å². The number of hydrogen-bond donors (Lipinski definition) is 1. The molecule has 0 spiro atoms. The van der Waals surface area contributed by atoms with E-state index in [1.807, 2.05) is 0 Å². The molecule has 1 aliphatic heterocycles. The Labute approximate surface area is 77.9 Å². The van der Waals surface area contributed by atoms with Crippen molar-refractivity contribution in [1.82, 2.24) is 0 Å². The van der Waals surface area contributed by atoms with E-state index < -0.39 is 6.29 Å². The van der Waals surface area contributed by atoms with Crippen molar-refractivity contribution in [2.24, 2.45) is 10.9 Å². The van der Waals surface area contributed by atoms with Crippen LogP contribution in [0.15, 0.2) is 23.3 Å². The molecule has 4 nitrogen and oxygen atoms in total. The van der Waals surface area contributed by atoms with Crippen LogP contribution in [0.1, 0.15) is 5.56 Å². The summed E-state index contributed by atoms with van der Waals surface area (Å²) >= 11 is 0. The van der Waals surface area contributed by atoms with E-state index in [-0.39, 0.29) is 11.5 Å². The molecule has 14 heavy (non-hydrogen) atoms. The van der Waals surface area contributed by atoms with Gasteiger partial charge in [-0.2, -0.15) is 5.10 Å². The zero-order chi connectivity index (χ0) is 10.2. The van der Waals surface area contributed by atoms with E-state index in [0.717, 1.165) is 0 Å². The minimum Gasteiger partial charge on any atom is -0.395 e. The molecule has 74 valence electrons. The highest BCUT2D eigenvalue weighted by Gasteiger charge is 2.43. The number of alkyl halides is 2. The van der Waals surface area contributed by atoms with E-state index in [2.05, 4.69) is 14.6 Å². The van der Waals surface area contributed by atoms with Crippen LogP contribution in [-0.4, -0.2) is 12.5 Å². The molecule has 0 radical (unpaired) electrons. The molecule has 2 rings (SSSR count). The van der Waals surface area contributed by atoms with Crippen LogP contribution in [0.25, 0.3) is 0 Å². The molecule has 0 aliphatic carbocycles. The van der Waals surface area contributed by atoms with Gasteiger partial charge < -0.3 is 15.3 Å². The molecule has 0 saturated carbocycles. The van der Waals surface area contributed by atoms with Crippen molar-refractivity contribution < 1.29 is 18.3 Å². The van der Waals surface area contributed by atoms with Gasteiger partial charge in [-0.3, -0.25) is 0 Å². The lowest BCUT2D eigenvalue weighted by molar-refractivity contribution is -0.286. The van der Waals surface area contributed by atoms with Crippen molar-refractivity contribution >= 4 is 6.21 Å². The molecule has 1 aromatic carbocycles. The molecule has 0 bridgehead atoms. The molecule has 0 unspecified atom stereocenters. The van der Waals surface area contributed by atoms with Crippen LogP contribution in [0.3, 0.4) is 0 Å². The molecule has 0 atom stereocenters. The smallest absolute Gasteiger partial charge is 0.395 e. The fourth-order valence-corrected chi connectivity index (χ4v) is 1.13. The van der Waals surface area contributed by atoms with Crippen LogP contribution in [0, 0.1) is 0 Å². The second-order valence-electron chi connectivity index (χ2n) is 2.65. The number of ether oxygens (including phenoxy) is 2. The summed E-state index contributed by atoms with van der Waals surface area (Å²) in [7, 11) is 0. The Hall–Kier alpha value is -1.85. The van der Waals surface area contributed by atoms with Crippen molar-refractivity contribution in [2.75, 3.05) is 0 Å². The van der Waals surface area contributed by atoms with Gasteiger partial charge in [0.25, 0.3) is 0 Å². The van der Waals surface area contributed by atoms with E-state index in [4.69, 9.17) is 5.84 Å². The second-order valence-corrected chi connectivity index (χ2v) is 2.65. The van der Waals surface area contributed by atoms with E-state index in [0.29, 0.717) is 5.56 Å². The van der Waals surface area contributed by atoms with Crippen LogP contribution < -0.4 is 15.3 Å². The number of hydrogen-bond acceptors (Lipinski definition) is 4. The van der Waals surface area contributed by atoms with Crippen LogP contribution in [0.4, 0.5) is 8.78 Å². The Morgan fingerprint density at radius 1 is 1.29 bits per heavy atom. The average Bonchev–Trinajstić information content (AvgIpc) is 2.38. The zero-order valence-corrected chi connectivity index (χ0v) is 6.91. The lowest BCUT2D eigenvalue weighted by Gasteiger charge is -2.04. The first-order chi connectivity index (χ1) is 6.61. The van der Waals surface area contributed by atoms with Crippen molar-refractivity contribution in [3.63, 3.8) is 0 Å². The van der Waals surface area contributed by atoms with Gasteiger partial charge in [-0.25, -0.2) is 0 Å². The van der Waals surface area contributed by atoms with Crippen molar-refractivity contribution in [3.8, 4) is 11.5 Å². The number of nitrogens with zero attached hydrogens (tertiary/aromatic N) is 1. The summed E-state index contributed by atoms with van der Waals surface area (Å²) in [5.74, 6) is 4.89. The number of rotatable bonds is 1. The third-order valence-electron chi connectivity index (χ3n) is 1.65. The summed E-state index contributed by atoms with van der Waals surface area (Å²) in [6.07, 6.45) is -2.26. The normalized spacial score (nSPS) is 17.6. The molecular weight excluding hydrogens is 194 g/mol. The first-order valence-corrected chi connectivity index (χ1v) is 3.74. The van der Waals surface area contributed by atoms with Gasteiger partial charge in [0.05, 0.1) is 6.21 Å². The number of nitrogens with two attached hydrogens (primary N) is 1. The summed E-state index contributed by atoms with van der Waals surface area (Å²) in [5.41, 5.74) is 0.563. The van der Waals surface area contributed by atoms with E-state index in [1.54, 1.807) is 6.07 Å². The number of hydrazone groups is 1.